The van der Waals surface area contributed by atoms with E-state index in [0.29, 0.717) is 11.7 Å². The zero-order chi connectivity index (χ0) is 12.3. The molecule has 0 amide bonds. The van der Waals surface area contributed by atoms with Gasteiger partial charge in [0.1, 0.15) is 12.0 Å². The third kappa shape index (κ3) is 2.65. The fourth-order valence-electron chi connectivity index (χ4n) is 1.65. The number of anilines is 1. The number of hydrogen-bond donors (Lipinski definition) is 1. The van der Waals surface area contributed by atoms with E-state index in [1.54, 1.807) is 0 Å². The molecule has 0 aliphatic heterocycles. The Labute approximate surface area is 101 Å². The largest absolute Gasteiger partial charge is 0.432 e. The zero-order valence-corrected chi connectivity index (χ0v) is 10.1. The lowest BCUT2D eigenvalue weighted by molar-refractivity contribution is 0.276. The van der Waals surface area contributed by atoms with Crippen LogP contribution in [0.5, 0.6) is 0 Å². The van der Waals surface area contributed by atoms with Gasteiger partial charge in [-0.15, -0.1) is 0 Å². The number of aromatic nitrogens is 1. The average molecular weight is 232 g/mol. The fourth-order valence-corrected chi connectivity index (χ4v) is 1.65. The minimum Gasteiger partial charge on any atom is -0.432 e. The van der Waals surface area contributed by atoms with Crippen molar-refractivity contribution in [1.29, 1.82) is 0 Å². The van der Waals surface area contributed by atoms with Crippen LogP contribution in [-0.4, -0.2) is 17.1 Å². The van der Waals surface area contributed by atoms with E-state index in [1.807, 2.05) is 24.1 Å². The lowest BCUT2D eigenvalue weighted by Gasteiger charge is -2.15. The van der Waals surface area contributed by atoms with Gasteiger partial charge in [-0.25, -0.2) is 0 Å². The monoisotopic (exact) mass is 232 g/mol. The Kier molecular flexibility index (Phi) is 3.44. The van der Waals surface area contributed by atoms with Crippen molar-refractivity contribution in [2.24, 2.45) is 0 Å². The molecule has 4 nitrogen and oxygen atoms in total. The minimum absolute atomic E-state index is 0.0955. The van der Waals surface area contributed by atoms with E-state index in [-0.39, 0.29) is 6.61 Å². The standard InChI is InChI=1S/C13H16N2O2/c1-10-5-3-4-6-11(10)7-15(2)13-14-12(8-16)9-17-13/h3-6,9,16H,7-8H2,1-2H3. The molecule has 0 unspecified atom stereocenters. The molecule has 90 valence electrons. The maximum atomic E-state index is 8.93. The van der Waals surface area contributed by atoms with Gasteiger partial charge in [-0.05, 0) is 18.1 Å². The van der Waals surface area contributed by atoms with E-state index >= 15 is 0 Å². The molecular weight excluding hydrogens is 216 g/mol. The summed E-state index contributed by atoms with van der Waals surface area (Å²) in [6, 6.07) is 8.73. The average Bonchev–Trinajstić information content (AvgIpc) is 2.81. The van der Waals surface area contributed by atoms with Crippen molar-refractivity contribution in [3.8, 4) is 0 Å². The van der Waals surface area contributed by atoms with Gasteiger partial charge in [-0.1, -0.05) is 24.3 Å². The predicted molar refractivity (Wildman–Crippen MR) is 65.7 cm³/mol. The Hall–Kier alpha value is -1.81. The van der Waals surface area contributed by atoms with Crippen molar-refractivity contribution >= 4 is 6.01 Å². The van der Waals surface area contributed by atoms with Gasteiger partial charge in [0.2, 0.25) is 0 Å². The summed E-state index contributed by atoms with van der Waals surface area (Å²) in [6.07, 6.45) is 1.48. The summed E-state index contributed by atoms with van der Waals surface area (Å²) in [5.74, 6) is 0. The number of benzene rings is 1. The maximum absolute atomic E-state index is 8.93. The molecule has 1 aromatic carbocycles. The fraction of sp³-hybridized carbons (Fsp3) is 0.308. The quantitative estimate of drug-likeness (QED) is 0.877. The second-order valence-corrected chi connectivity index (χ2v) is 4.06. The Morgan fingerprint density at radius 2 is 2.12 bits per heavy atom. The molecule has 1 N–H and O–H groups in total. The highest BCUT2D eigenvalue weighted by Crippen LogP contribution is 2.16. The Balaban J connectivity index is 2.11. The summed E-state index contributed by atoms with van der Waals surface area (Å²) in [5.41, 5.74) is 3.03. The van der Waals surface area contributed by atoms with Gasteiger partial charge >= 0.3 is 0 Å². The van der Waals surface area contributed by atoms with Crippen LogP contribution in [0.2, 0.25) is 0 Å². The minimum atomic E-state index is -0.0955. The van der Waals surface area contributed by atoms with Crippen LogP contribution >= 0.6 is 0 Å². The predicted octanol–water partition coefficient (Wildman–Crippen LogP) is 2.11. The van der Waals surface area contributed by atoms with Crippen LogP contribution in [0.3, 0.4) is 0 Å². The first kappa shape index (κ1) is 11.7. The molecule has 0 spiro atoms. The molecule has 0 bridgehead atoms. The van der Waals surface area contributed by atoms with Crippen LogP contribution in [0.4, 0.5) is 6.01 Å². The number of nitrogens with zero attached hydrogens (tertiary/aromatic N) is 2. The first-order chi connectivity index (χ1) is 8.20. The normalized spacial score (nSPS) is 10.5. The van der Waals surface area contributed by atoms with E-state index in [1.165, 1.54) is 17.4 Å². The SMILES string of the molecule is Cc1ccccc1CN(C)c1nc(CO)co1. The molecule has 0 fully saturated rings. The first-order valence-corrected chi connectivity index (χ1v) is 5.51. The third-order valence-electron chi connectivity index (χ3n) is 2.70. The highest BCUT2D eigenvalue weighted by molar-refractivity contribution is 5.32. The highest BCUT2D eigenvalue weighted by atomic mass is 16.4. The van der Waals surface area contributed by atoms with Gasteiger partial charge in [-0.2, -0.15) is 4.98 Å². The Morgan fingerprint density at radius 3 is 2.76 bits per heavy atom. The molecule has 0 aliphatic carbocycles. The highest BCUT2D eigenvalue weighted by Gasteiger charge is 2.09. The number of aliphatic hydroxyl groups is 1. The van der Waals surface area contributed by atoms with Crippen LogP contribution < -0.4 is 4.90 Å². The van der Waals surface area contributed by atoms with Crippen LogP contribution in [0.1, 0.15) is 16.8 Å². The van der Waals surface area contributed by atoms with Crippen molar-refractivity contribution in [2.45, 2.75) is 20.1 Å². The Morgan fingerprint density at radius 1 is 1.35 bits per heavy atom. The molecule has 0 atom stereocenters. The van der Waals surface area contributed by atoms with Crippen LogP contribution in [0.25, 0.3) is 0 Å². The molecule has 0 saturated carbocycles. The van der Waals surface area contributed by atoms with Crippen molar-refractivity contribution < 1.29 is 9.52 Å². The lowest BCUT2D eigenvalue weighted by Crippen LogP contribution is -2.17. The zero-order valence-electron chi connectivity index (χ0n) is 10.1. The summed E-state index contributed by atoms with van der Waals surface area (Å²) in [7, 11) is 1.92. The molecule has 0 saturated heterocycles. The van der Waals surface area contributed by atoms with Crippen LogP contribution in [-0.2, 0) is 13.2 Å². The summed E-state index contributed by atoms with van der Waals surface area (Å²) in [4.78, 5) is 6.08. The van der Waals surface area contributed by atoms with E-state index < -0.39 is 0 Å². The van der Waals surface area contributed by atoms with Crippen molar-refractivity contribution in [1.82, 2.24) is 4.98 Å². The third-order valence-corrected chi connectivity index (χ3v) is 2.70. The molecular formula is C13H16N2O2. The van der Waals surface area contributed by atoms with Gasteiger partial charge in [0.25, 0.3) is 6.01 Å². The van der Waals surface area contributed by atoms with E-state index in [0.717, 1.165) is 6.54 Å². The smallest absolute Gasteiger partial charge is 0.297 e. The van der Waals surface area contributed by atoms with Crippen molar-refractivity contribution in [3.63, 3.8) is 0 Å². The number of hydrogen-bond acceptors (Lipinski definition) is 4. The summed E-state index contributed by atoms with van der Waals surface area (Å²) in [6.45, 7) is 2.72. The molecule has 17 heavy (non-hydrogen) atoms. The molecule has 1 aromatic heterocycles. The summed E-state index contributed by atoms with van der Waals surface area (Å²) >= 11 is 0. The molecule has 4 heteroatoms. The van der Waals surface area contributed by atoms with Crippen LogP contribution in [0.15, 0.2) is 34.9 Å². The lowest BCUT2D eigenvalue weighted by atomic mass is 10.1. The van der Waals surface area contributed by atoms with Gasteiger partial charge < -0.3 is 14.4 Å². The van der Waals surface area contributed by atoms with E-state index in [2.05, 4.69) is 24.0 Å². The van der Waals surface area contributed by atoms with Gasteiger partial charge in [0, 0.05) is 13.6 Å². The number of aliphatic hydroxyl groups excluding tert-OH is 1. The summed E-state index contributed by atoms with van der Waals surface area (Å²) < 4.78 is 5.28. The molecule has 1 heterocycles. The number of aryl methyl sites for hydroxylation is 1. The Bertz CT molecular complexity index is 494. The van der Waals surface area contributed by atoms with E-state index in [9.17, 15) is 0 Å². The second-order valence-electron chi connectivity index (χ2n) is 4.06. The first-order valence-electron chi connectivity index (χ1n) is 5.51. The van der Waals surface area contributed by atoms with Crippen LogP contribution in [0, 0.1) is 6.92 Å². The van der Waals surface area contributed by atoms with Gasteiger partial charge in [0.15, 0.2) is 0 Å². The van der Waals surface area contributed by atoms with E-state index in [4.69, 9.17) is 9.52 Å². The molecule has 2 rings (SSSR count). The molecule has 0 aliphatic rings. The van der Waals surface area contributed by atoms with Gasteiger partial charge in [0.05, 0.1) is 6.61 Å². The second kappa shape index (κ2) is 5.01. The van der Waals surface area contributed by atoms with Crippen molar-refractivity contribution in [2.75, 3.05) is 11.9 Å². The number of oxazole rings is 1. The molecule has 2 aromatic rings. The molecule has 0 radical (unpaired) electrons. The number of rotatable bonds is 4. The topological polar surface area (TPSA) is 49.5 Å². The van der Waals surface area contributed by atoms with Gasteiger partial charge in [-0.3, -0.25) is 0 Å². The summed E-state index contributed by atoms with van der Waals surface area (Å²) in [5, 5.41) is 8.93. The van der Waals surface area contributed by atoms with Crippen molar-refractivity contribution in [3.05, 3.63) is 47.3 Å². The maximum Gasteiger partial charge on any atom is 0.297 e.